The van der Waals surface area contributed by atoms with E-state index in [9.17, 15) is 14.4 Å². The number of aromatic amines is 1. The van der Waals surface area contributed by atoms with Crippen LogP contribution in [0.1, 0.15) is 5.69 Å². The lowest BCUT2D eigenvalue weighted by atomic mass is 10.1. The molecule has 1 aromatic rings. The number of nitrogens with zero attached hydrogens (tertiary/aromatic N) is 1. The van der Waals surface area contributed by atoms with E-state index in [-0.39, 0.29) is 11.7 Å². The normalized spacial score (nSPS) is 19.8. The molecule has 0 radical (unpaired) electrons. The molecule has 1 fully saturated rings. The number of aromatic nitrogens is 2. The summed E-state index contributed by atoms with van der Waals surface area (Å²) in [5.74, 6) is -1.33. The van der Waals surface area contributed by atoms with Gasteiger partial charge in [-0.1, -0.05) is 11.8 Å². The lowest BCUT2D eigenvalue weighted by Crippen LogP contribution is -2.50. The van der Waals surface area contributed by atoms with E-state index in [0.717, 1.165) is 11.8 Å². The van der Waals surface area contributed by atoms with E-state index in [1.54, 1.807) is 0 Å². The Morgan fingerprint density at radius 2 is 2.42 bits per heavy atom. The smallest absolute Gasteiger partial charge is 0.326 e. The number of hydrogen-bond acceptors (Lipinski definition) is 5. The Balaban J connectivity index is 1.95. The van der Waals surface area contributed by atoms with Crippen molar-refractivity contribution >= 4 is 28.9 Å². The SMILES string of the molecule is O=C1NC(C(=O)NC(Cc2cnc[nH]2)C(=O)O)CS1. The minimum Gasteiger partial charge on any atom is -0.480 e. The van der Waals surface area contributed by atoms with Crippen molar-refractivity contribution in [3.63, 3.8) is 0 Å². The van der Waals surface area contributed by atoms with Crippen LogP contribution in [0, 0.1) is 0 Å². The van der Waals surface area contributed by atoms with Crippen LogP contribution in [-0.4, -0.2) is 50.0 Å². The maximum absolute atomic E-state index is 11.8. The van der Waals surface area contributed by atoms with Crippen molar-refractivity contribution in [3.05, 3.63) is 18.2 Å². The van der Waals surface area contributed by atoms with Gasteiger partial charge in [-0.3, -0.25) is 9.59 Å². The highest BCUT2D eigenvalue weighted by molar-refractivity contribution is 8.14. The summed E-state index contributed by atoms with van der Waals surface area (Å²) in [6, 6.07) is -1.74. The average molecular weight is 284 g/mol. The average Bonchev–Trinajstić information content (AvgIpc) is 2.99. The molecule has 0 saturated carbocycles. The second kappa shape index (κ2) is 5.74. The van der Waals surface area contributed by atoms with Gasteiger partial charge in [-0.2, -0.15) is 0 Å². The number of carbonyl (C=O) groups excluding carboxylic acids is 2. The summed E-state index contributed by atoms with van der Waals surface area (Å²) in [5, 5.41) is 13.7. The molecule has 8 nitrogen and oxygen atoms in total. The second-order valence-electron chi connectivity index (χ2n) is 3.98. The first-order chi connectivity index (χ1) is 9.06. The number of rotatable bonds is 5. The van der Waals surface area contributed by atoms with Crippen LogP contribution in [0.4, 0.5) is 4.79 Å². The minimum atomic E-state index is -1.14. The van der Waals surface area contributed by atoms with Gasteiger partial charge in [0.05, 0.1) is 6.33 Å². The number of H-pyrrole nitrogens is 1. The Kier molecular flexibility index (Phi) is 4.05. The fourth-order valence-electron chi connectivity index (χ4n) is 1.61. The predicted octanol–water partition coefficient (Wildman–Crippen LogP) is -0.653. The van der Waals surface area contributed by atoms with Crippen molar-refractivity contribution < 1.29 is 19.5 Å². The maximum atomic E-state index is 11.8. The lowest BCUT2D eigenvalue weighted by Gasteiger charge is -2.16. The van der Waals surface area contributed by atoms with Crippen LogP contribution >= 0.6 is 11.8 Å². The highest BCUT2D eigenvalue weighted by Crippen LogP contribution is 2.13. The molecule has 2 unspecified atom stereocenters. The van der Waals surface area contributed by atoms with Crippen molar-refractivity contribution in [1.82, 2.24) is 20.6 Å². The molecule has 9 heteroatoms. The third-order valence-electron chi connectivity index (χ3n) is 2.58. The van der Waals surface area contributed by atoms with Crippen LogP contribution < -0.4 is 10.6 Å². The Morgan fingerprint density at radius 3 is 2.95 bits per heavy atom. The number of aliphatic carboxylic acids is 1. The summed E-state index contributed by atoms with van der Waals surface area (Å²) in [5.41, 5.74) is 0.609. The number of carbonyl (C=O) groups is 3. The summed E-state index contributed by atoms with van der Waals surface area (Å²) in [6.07, 6.45) is 3.04. The Morgan fingerprint density at radius 1 is 1.63 bits per heavy atom. The van der Waals surface area contributed by atoms with Crippen LogP contribution in [0.5, 0.6) is 0 Å². The molecular formula is C10H12N4O4S. The van der Waals surface area contributed by atoms with Crippen LogP contribution in [0.15, 0.2) is 12.5 Å². The number of carboxylic acid groups (broad SMARTS) is 1. The van der Waals surface area contributed by atoms with Crippen LogP contribution in [0.3, 0.4) is 0 Å². The van der Waals surface area contributed by atoms with E-state index in [4.69, 9.17) is 5.11 Å². The van der Waals surface area contributed by atoms with Gasteiger partial charge in [0.2, 0.25) is 5.91 Å². The number of carboxylic acids is 1. The zero-order valence-electron chi connectivity index (χ0n) is 9.75. The van der Waals surface area contributed by atoms with Crippen LogP contribution in [0.25, 0.3) is 0 Å². The quantitative estimate of drug-likeness (QED) is 0.569. The van der Waals surface area contributed by atoms with Gasteiger partial charge in [0.1, 0.15) is 12.1 Å². The van der Waals surface area contributed by atoms with Crippen molar-refractivity contribution in [2.24, 2.45) is 0 Å². The molecular weight excluding hydrogens is 272 g/mol. The third-order valence-corrected chi connectivity index (χ3v) is 3.46. The van der Waals surface area contributed by atoms with Crippen molar-refractivity contribution in [3.8, 4) is 0 Å². The van der Waals surface area contributed by atoms with Crippen LogP contribution in [-0.2, 0) is 16.0 Å². The Hall–Kier alpha value is -2.03. The molecule has 1 aliphatic heterocycles. The van der Waals surface area contributed by atoms with Crippen molar-refractivity contribution in [2.45, 2.75) is 18.5 Å². The molecule has 19 heavy (non-hydrogen) atoms. The number of imidazole rings is 1. The summed E-state index contributed by atoms with van der Waals surface area (Å²) in [6.45, 7) is 0. The number of nitrogens with one attached hydrogen (secondary N) is 3. The molecule has 102 valence electrons. The fraction of sp³-hybridized carbons (Fsp3) is 0.400. The molecule has 0 bridgehead atoms. The van der Waals surface area contributed by atoms with Crippen LogP contribution in [0.2, 0.25) is 0 Å². The van der Waals surface area contributed by atoms with E-state index in [1.807, 2.05) is 0 Å². The highest BCUT2D eigenvalue weighted by Gasteiger charge is 2.31. The molecule has 0 spiro atoms. The zero-order valence-corrected chi connectivity index (χ0v) is 10.6. The van der Waals surface area contributed by atoms with Gasteiger partial charge < -0.3 is 20.7 Å². The third kappa shape index (κ3) is 3.47. The van der Waals surface area contributed by atoms with Gasteiger partial charge in [0.25, 0.3) is 5.24 Å². The van der Waals surface area contributed by atoms with Gasteiger partial charge in [-0.15, -0.1) is 0 Å². The van der Waals surface area contributed by atoms with E-state index in [2.05, 4.69) is 20.6 Å². The molecule has 0 aromatic carbocycles. The summed E-state index contributed by atoms with van der Waals surface area (Å²) >= 11 is 1.00. The molecule has 2 rings (SSSR count). The topological polar surface area (TPSA) is 124 Å². The molecule has 4 N–H and O–H groups in total. The van der Waals surface area contributed by atoms with Gasteiger partial charge in [-0.25, -0.2) is 9.78 Å². The summed E-state index contributed by atoms with van der Waals surface area (Å²) < 4.78 is 0. The second-order valence-corrected chi connectivity index (χ2v) is 4.97. The first-order valence-corrected chi connectivity index (χ1v) is 6.48. The first-order valence-electron chi connectivity index (χ1n) is 5.50. The number of hydrogen-bond donors (Lipinski definition) is 4. The van der Waals surface area contributed by atoms with E-state index >= 15 is 0 Å². The molecule has 1 saturated heterocycles. The molecule has 2 amide bonds. The molecule has 2 heterocycles. The lowest BCUT2D eigenvalue weighted by molar-refractivity contribution is -0.142. The molecule has 1 aromatic heterocycles. The minimum absolute atomic E-state index is 0.106. The van der Waals surface area contributed by atoms with E-state index in [1.165, 1.54) is 12.5 Å². The zero-order chi connectivity index (χ0) is 13.8. The van der Waals surface area contributed by atoms with Crippen molar-refractivity contribution in [2.75, 3.05) is 5.75 Å². The summed E-state index contributed by atoms with van der Waals surface area (Å²) in [7, 11) is 0. The fourth-order valence-corrected chi connectivity index (χ4v) is 2.39. The first kappa shape index (κ1) is 13.4. The largest absolute Gasteiger partial charge is 0.480 e. The summed E-state index contributed by atoms with van der Waals surface area (Å²) in [4.78, 5) is 40.4. The highest BCUT2D eigenvalue weighted by atomic mass is 32.2. The Bertz CT molecular complexity index is 490. The number of thioether (sulfide) groups is 1. The standard InChI is InChI=1S/C10H12N4O4S/c15-8(7-3-19-10(18)14-7)13-6(9(16)17)1-5-2-11-4-12-5/h2,4,6-7H,1,3H2,(H,11,12)(H,13,15)(H,14,18)(H,16,17). The molecule has 2 atom stereocenters. The van der Waals surface area contributed by atoms with E-state index < -0.39 is 24.0 Å². The van der Waals surface area contributed by atoms with Gasteiger partial charge in [-0.05, 0) is 0 Å². The molecule has 0 aliphatic carbocycles. The Labute approximate surface area is 112 Å². The maximum Gasteiger partial charge on any atom is 0.326 e. The predicted molar refractivity (Wildman–Crippen MR) is 66.6 cm³/mol. The van der Waals surface area contributed by atoms with Gasteiger partial charge in [0.15, 0.2) is 0 Å². The number of amides is 2. The molecule has 1 aliphatic rings. The van der Waals surface area contributed by atoms with Crippen molar-refractivity contribution in [1.29, 1.82) is 0 Å². The van der Waals surface area contributed by atoms with Gasteiger partial charge in [0, 0.05) is 24.1 Å². The monoisotopic (exact) mass is 284 g/mol. The van der Waals surface area contributed by atoms with Gasteiger partial charge >= 0.3 is 5.97 Å². The van der Waals surface area contributed by atoms with E-state index in [0.29, 0.717) is 11.4 Å².